The fourth-order valence-electron chi connectivity index (χ4n) is 3.30. The molecule has 4 nitrogen and oxygen atoms in total. The predicted octanol–water partition coefficient (Wildman–Crippen LogP) is 2.94. The van der Waals surface area contributed by atoms with E-state index in [4.69, 9.17) is 0 Å². The highest BCUT2D eigenvalue weighted by Gasteiger charge is 2.24. The lowest BCUT2D eigenvalue weighted by Crippen LogP contribution is -2.32. The van der Waals surface area contributed by atoms with Gasteiger partial charge >= 0.3 is 0 Å². The van der Waals surface area contributed by atoms with Crippen LogP contribution in [0.2, 0.25) is 0 Å². The van der Waals surface area contributed by atoms with Crippen LogP contribution >= 0.6 is 11.3 Å². The van der Waals surface area contributed by atoms with E-state index in [1.165, 1.54) is 37.0 Å². The summed E-state index contributed by atoms with van der Waals surface area (Å²) in [6, 6.07) is 2.68. The predicted molar refractivity (Wildman–Crippen MR) is 81.0 cm³/mol. The molecule has 1 aliphatic carbocycles. The molecule has 2 aromatic rings. The van der Waals surface area contributed by atoms with Gasteiger partial charge in [0.25, 0.3) is 0 Å². The number of aromatic nitrogens is 3. The van der Waals surface area contributed by atoms with E-state index in [1.807, 2.05) is 11.3 Å². The zero-order valence-electron chi connectivity index (χ0n) is 11.9. The average molecular weight is 288 g/mol. The van der Waals surface area contributed by atoms with Gasteiger partial charge in [-0.15, -0.1) is 21.5 Å². The van der Waals surface area contributed by atoms with Gasteiger partial charge in [-0.3, -0.25) is 0 Å². The molecule has 0 radical (unpaired) electrons. The lowest BCUT2D eigenvalue weighted by atomic mass is 10.1. The molecular formula is C15H20N4S. The van der Waals surface area contributed by atoms with E-state index < -0.39 is 0 Å². The van der Waals surface area contributed by atoms with Gasteiger partial charge in [-0.2, -0.15) is 0 Å². The van der Waals surface area contributed by atoms with Crippen LogP contribution in [-0.4, -0.2) is 21.3 Å². The first kappa shape index (κ1) is 12.5. The minimum atomic E-state index is 0.308. The summed E-state index contributed by atoms with van der Waals surface area (Å²) >= 11 is 1.94. The first-order valence-electron chi connectivity index (χ1n) is 7.61. The topological polar surface area (TPSA) is 42.7 Å². The summed E-state index contributed by atoms with van der Waals surface area (Å²) in [5.41, 5.74) is 1.56. The molecule has 0 saturated heterocycles. The van der Waals surface area contributed by atoms with E-state index >= 15 is 0 Å². The van der Waals surface area contributed by atoms with Crippen molar-refractivity contribution in [1.29, 1.82) is 0 Å². The smallest absolute Gasteiger partial charge is 0.174 e. The van der Waals surface area contributed by atoms with Gasteiger partial charge in [-0.05, 0) is 44.2 Å². The highest BCUT2D eigenvalue weighted by Crippen LogP contribution is 2.35. The van der Waals surface area contributed by atoms with E-state index in [-0.39, 0.29) is 0 Å². The van der Waals surface area contributed by atoms with Crippen LogP contribution in [0.3, 0.4) is 0 Å². The lowest BCUT2D eigenvalue weighted by Gasteiger charge is -2.21. The molecule has 1 atom stereocenters. The maximum atomic E-state index is 4.47. The normalized spacial score (nSPS) is 22.1. The van der Waals surface area contributed by atoms with Gasteiger partial charge in [-0.1, -0.05) is 6.42 Å². The molecule has 0 amide bonds. The molecule has 1 unspecified atom stereocenters. The Hall–Kier alpha value is -1.20. The van der Waals surface area contributed by atoms with Gasteiger partial charge < -0.3 is 9.88 Å². The molecule has 3 heterocycles. The highest BCUT2D eigenvalue weighted by molar-refractivity contribution is 7.15. The zero-order valence-corrected chi connectivity index (χ0v) is 12.7. The minimum Gasteiger partial charge on any atom is -0.308 e. The molecule has 2 aliphatic rings. The Bertz CT molecular complexity index is 604. The minimum absolute atomic E-state index is 0.308. The van der Waals surface area contributed by atoms with Crippen LogP contribution in [0.1, 0.15) is 48.5 Å². The summed E-state index contributed by atoms with van der Waals surface area (Å²) in [5.74, 6) is 2.15. The Balaban J connectivity index is 1.75. The maximum absolute atomic E-state index is 4.47. The first-order chi connectivity index (χ1) is 9.83. The number of aryl methyl sites for hydroxylation is 2. The molecule has 20 heavy (non-hydrogen) atoms. The summed E-state index contributed by atoms with van der Waals surface area (Å²) in [6.07, 6.45) is 6.54. The number of nitrogens with one attached hydrogen (secondary N) is 1. The number of hydrogen-bond donors (Lipinski definition) is 1. The Kier molecular flexibility index (Phi) is 3.11. The third-order valence-electron chi connectivity index (χ3n) is 4.42. The number of fused-ring (bicyclic) bond motifs is 2. The van der Waals surface area contributed by atoms with Gasteiger partial charge in [0.05, 0.1) is 10.9 Å². The number of nitrogens with zero attached hydrogens (tertiary/aromatic N) is 3. The molecule has 0 saturated carbocycles. The Morgan fingerprint density at radius 1 is 1.25 bits per heavy atom. The second kappa shape index (κ2) is 4.97. The lowest BCUT2D eigenvalue weighted by molar-refractivity contribution is 0.439. The van der Waals surface area contributed by atoms with E-state index in [1.54, 1.807) is 10.4 Å². The van der Waals surface area contributed by atoms with Crippen LogP contribution < -0.4 is 5.32 Å². The largest absolute Gasteiger partial charge is 0.308 e. The highest BCUT2D eigenvalue weighted by atomic mass is 32.1. The zero-order chi connectivity index (χ0) is 13.5. The third-order valence-corrected chi connectivity index (χ3v) is 5.65. The second-order valence-electron chi connectivity index (χ2n) is 5.83. The SMILES string of the molecule is CC1NCCn2c(-c3cc4c(s3)CCCCC4)nnc21. The first-order valence-corrected chi connectivity index (χ1v) is 8.43. The van der Waals surface area contributed by atoms with Crippen LogP contribution in [0, 0.1) is 0 Å². The molecule has 2 aromatic heterocycles. The van der Waals surface area contributed by atoms with Crippen LogP contribution in [-0.2, 0) is 19.4 Å². The quantitative estimate of drug-likeness (QED) is 0.820. The fourth-order valence-corrected chi connectivity index (χ4v) is 4.55. The number of hydrogen-bond acceptors (Lipinski definition) is 4. The Morgan fingerprint density at radius 2 is 2.15 bits per heavy atom. The molecule has 5 heteroatoms. The van der Waals surface area contributed by atoms with E-state index in [2.05, 4.69) is 33.1 Å². The summed E-state index contributed by atoms with van der Waals surface area (Å²) in [6.45, 7) is 4.14. The van der Waals surface area contributed by atoms with Crippen molar-refractivity contribution in [2.75, 3.05) is 6.54 Å². The number of rotatable bonds is 1. The van der Waals surface area contributed by atoms with Gasteiger partial charge in [0.2, 0.25) is 0 Å². The molecule has 1 aliphatic heterocycles. The van der Waals surface area contributed by atoms with Crippen molar-refractivity contribution in [3.8, 4) is 10.7 Å². The van der Waals surface area contributed by atoms with Crippen molar-refractivity contribution in [3.63, 3.8) is 0 Å². The van der Waals surface area contributed by atoms with Crippen LogP contribution in [0.5, 0.6) is 0 Å². The molecular weight excluding hydrogens is 268 g/mol. The van der Waals surface area contributed by atoms with Crippen LogP contribution in [0.15, 0.2) is 6.07 Å². The van der Waals surface area contributed by atoms with Gasteiger partial charge in [0.15, 0.2) is 5.82 Å². The maximum Gasteiger partial charge on any atom is 0.174 e. The monoisotopic (exact) mass is 288 g/mol. The van der Waals surface area contributed by atoms with Gasteiger partial charge in [0.1, 0.15) is 5.82 Å². The van der Waals surface area contributed by atoms with E-state index in [0.717, 1.165) is 24.7 Å². The van der Waals surface area contributed by atoms with Crippen molar-refractivity contribution >= 4 is 11.3 Å². The Morgan fingerprint density at radius 3 is 3.10 bits per heavy atom. The fraction of sp³-hybridized carbons (Fsp3) is 0.600. The molecule has 0 spiro atoms. The summed E-state index contributed by atoms with van der Waals surface area (Å²) in [4.78, 5) is 2.89. The summed E-state index contributed by atoms with van der Waals surface area (Å²) < 4.78 is 2.30. The summed E-state index contributed by atoms with van der Waals surface area (Å²) in [7, 11) is 0. The third kappa shape index (κ3) is 2.00. The summed E-state index contributed by atoms with van der Waals surface area (Å²) in [5, 5.41) is 12.3. The van der Waals surface area contributed by atoms with E-state index in [0.29, 0.717) is 6.04 Å². The second-order valence-corrected chi connectivity index (χ2v) is 6.97. The van der Waals surface area contributed by atoms with Crippen molar-refractivity contribution in [1.82, 2.24) is 20.1 Å². The molecule has 4 rings (SSSR count). The molecule has 1 N–H and O–H groups in total. The van der Waals surface area contributed by atoms with Crippen molar-refractivity contribution in [2.24, 2.45) is 0 Å². The molecule has 106 valence electrons. The standard InChI is InChI=1S/C15H20N4S/c1-10-14-17-18-15(19(14)8-7-16-10)13-9-11-5-3-2-4-6-12(11)20-13/h9-10,16H,2-8H2,1H3. The molecule has 0 aromatic carbocycles. The average Bonchev–Trinajstić information content (AvgIpc) is 2.99. The van der Waals surface area contributed by atoms with Crippen LogP contribution in [0.25, 0.3) is 10.7 Å². The van der Waals surface area contributed by atoms with Crippen molar-refractivity contribution < 1.29 is 0 Å². The Labute approximate surface area is 123 Å². The molecule has 0 bridgehead atoms. The number of thiophene rings is 1. The van der Waals surface area contributed by atoms with Crippen molar-refractivity contribution in [2.45, 2.75) is 51.6 Å². The van der Waals surface area contributed by atoms with Gasteiger partial charge in [0, 0.05) is 18.0 Å². The van der Waals surface area contributed by atoms with Crippen molar-refractivity contribution in [3.05, 3.63) is 22.3 Å². The van der Waals surface area contributed by atoms with Gasteiger partial charge in [-0.25, -0.2) is 0 Å². The van der Waals surface area contributed by atoms with E-state index in [9.17, 15) is 0 Å². The molecule has 0 fully saturated rings. The van der Waals surface area contributed by atoms with Crippen LogP contribution in [0.4, 0.5) is 0 Å².